The van der Waals surface area contributed by atoms with Crippen molar-refractivity contribution in [2.24, 2.45) is 5.92 Å². The van der Waals surface area contributed by atoms with Crippen LogP contribution in [0.2, 0.25) is 0 Å². The molecule has 154 valence electrons. The van der Waals surface area contributed by atoms with Gasteiger partial charge in [0.05, 0.1) is 5.92 Å². The maximum atomic E-state index is 12.8. The van der Waals surface area contributed by atoms with Crippen LogP contribution in [0.3, 0.4) is 0 Å². The molecule has 29 heavy (non-hydrogen) atoms. The van der Waals surface area contributed by atoms with Gasteiger partial charge in [-0.3, -0.25) is 9.59 Å². The van der Waals surface area contributed by atoms with Crippen LogP contribution in [0.1, 0.15) is 37.0 Å². The van der Waals surface area contributed by atoms with Crippen molar-refractivity contribution in [3.63, 3.8) is 0 Å². The first kappa shape index (κ1) is 20.9. The number of carbonyl (C=O) groups excluding carboxylic acids is 2. The highest BCUT2D eigenvalue weighted by molar-refractivity contribution is 6.04. The van der Waals surface area contributed by atoms with E-state index < -0.39 is 0 Å². The lowest BCUT2D eigenvalue weighted by Crippen LogP contribution is -2.29. The summed E-state index contributed by atoms with van der Waals surface area (Å²) >= 11 is 0. The Morgan fingerprint density at radius 2 is 1.83 bits per heavy atom. The summed E-state index contributed by atoms with van der Waals surface area (Å²) in [5, 5.41) is 3.01. The molecule has 0 radical (unpaired) electrons. The second-order valence-electron chi connectivity index (χ2n) is 7.79. The van der Waals surface area contributed by atoms with E-state index in [1.54, 1.807) is 4.90 Å². The first-order valence-electron chi connectivity index (χ1n) is 10.4. The fraction of sp³-hybridized carbons (Fsp3) is 0.417. The fourth-order valence-electron chi connectivity index (χ4n) is 3.97. The molecule has 1 N–H and O–H groups in total. The molecule has 0 aromatic heterocycles. The van der Waals surface area contributed by atoms with Crippen molar-refractivity contribution in [2.45, 2.75) is 41.0 Å². The van der Waals surface area contributed by atoms with Gasteiger partial charge < -0.3 is 15.1 Å². The summed E-state index contributed by atoms with van der Waals surface area (Å²) in [5.41, 5.74) is 6.12. The monoisotopic (exact) mass is 393 g/mol. The molecule has 2 amide bonds. The molecule has 2 aromatic rings. The summed E-state index contributed by atoms with van der Waals surface area (Å²) in [6.45, 7) is 12.6. The Balaban J connectivity index is 1.74. The van der Waals surface area contributed by atoms with Crippen LogP contribution in [0.25, 0.3) is 0 Å². The largest absolute Gasteiger partial charge is 0.372 e. The third kappa shape index (κ3) is 4.29. The minimum atomic E-state index is -0.343. The van der Waals surface area contributed by atoms with Crippen molar-refractivity contribution in [1.82, 2.24) is 0 Å². The van der Waals surface area contributed by atoms with Crippen molar-refractivity contribution in [1.29, 1.82) is 0 Å². The Labute approximate surface area is 173 Å². The molecule has 3 rings (SSSR count). The molecule has 1 atom stereocenters. The van der Waals surface area contributed by atoms with Gasteiger partial charge in [-0.2, -0.15) is 0 Å². The zero-order chi connectivity index (χ0) is 21.1. The topological polar surface area (TPSA) is 52.6 Å². The van der Waals surface area contributed by atoms with Crippen LogP contribution in [-0.2, 0) is 9.59 Å². The van der Waals surface area contributed by atoms with Crippen molar-refractivity contribution < 1.29 is 9.59 Å². The predicted molar refractivity (Wildman–Crippen MR) is 120 cm³/mol. The van der Waals surface area contributed by atoms with Crippen molar-refractivity contribution in [3.8, 4) is 0 Å². The Hall–Kier alpha value is -2.82. The first-order chi connectivity index (χ1) is 13.8. The van der Waals surface area contributed by atoms with Gasteiger partial charge in [-0.15, -0.1) is 0 Å². The summed E-state index contributed by atoms with van der Waals surface area (Å²) in [7, 11) is 0. The van der Waals surface area contributed by atoms with Gasteiger partial charge in [0.1, 0.15) is 0 Å². The zero-order valence-electron chi connectivity index (χ0n) is 18.1. The summed E-state index contributed by atoms with van der Waals surface area (Å²) < 4.78 is 0. The molecule has 2 aromatic carbocycles. The summed E-state index contributed by atoms with van der Waals surface area (Å²) in [6, 6.07) is 12.1. The van der Waals surface area contributed by atoms with Crippen LogP contribution in [0.4, 0.5) is 17.1 Å². The molecule has 5 heteroatoms. The molecule has 1 saturated heterocycles. The predicted octanol–water partition coefficient (Wildman–Crippen LogP) is 4.45. The summed E-state index contributed by atoms with van der Waals surface area (Å²) in [5.74, 6) is -0.430. The van der Waals surface area contributed by atoms with E-state index in [-0.39, 0.29) is 24.2 Å². The number of hydrogen-bond acceptors (Lipinski definition) is 3. The number of hydrogen-bond donors (Lipinski definition) is 1. The van der Waals surface area contributed by atoms with Gasteiger partial charge in [-0.25, -0.2) is 0 Å². The van der Waals surface area contributed by atoms with Crippen LogP contribution in [-0.4, -0.2) is 31.4 Å². The SMILES string of the molecule is CCN(CC)c1ccc(N2CC(C(=O)Nc3cccc(C)c3C)CC2=O)c(C)c1. The molecule has 0 saturated carbocycles. The van der Waals surface area contributed by atoms with Gasteiger partial charge in [0, 0.05) is 43.1 Å². The average Bonchev–Trinajstić information content (AvgIpc) is 3.08. The molecule has 1 fully saturated rings. The highest BCUT2D eigenvalue weighted by Crippen LogP contribution is 2.31. The first-order valence-corrected chi connectivity index (χ1v) is 10.4. The van der Waals surface area contributed by atoms with Gasteiger partial charge in [0.25, 0.3) is 0 Å². The smallest absolute Gasteiger partial charge is 0.229 e. The Bertz CT molecular complexity index is 918. The lowest BCUT2D eigenvalue weighted by atomic mass is 10.1. The average molecular weight is 394 g/mol. The van der Waals surface area contributed by atoms with E-state index in [0.717, 1.165) is 46.8 Å². The Morgan fingerprint density at radius 3 is 2.48 bits per heavy atom. The molecule has 1 heterocycles. The van der Waals surface area contributed by atoms with Gasteiger partial charge in [-0.1, -0.05) is 12.1 Å². The molecular formula is C24H31N3O2. The third-order valence-corrected chi connectivity index (χ3v) is 5.96. The van der Waals surface area contributed by atoms with Crippen molar-refractivity contribution in [3.05, 3.63) is 53.1 Å². The molecule has 5 nitrogen and oxygen atoms in total. The van der Waals surface area contributed by atoms with Crippen LogP contribution < -0.4 is 15.1 Å². The molecule has 0 bridgehead atoms. The lowest BCUT2D eigenvalue weighted by Gasteiger charge is -2.24. The van der Waals surface area contributed by atoms with E-state index in [1.807, 2.05) is 45.0 Å². The molecule has 1 unspecified atom stereocenters. The highest BCUT2D eigenvalue weighted by Gasteiger charge is 2.36. The number of anilines is 3. The maximum Gasteiger partial charge on any atom is 0.229 e. The Morgan fingerprint density at radius 1 is 1.10 bits per heavy atom. The van der Waals surface area contributed by atoms with E-state index in [9.17, 15) is 9.59 Å². The number of nitrogens with zero attached hydrogens (tertiary/aromatic N) is 2. The van der Waals surface area contributed by atoms with E-state index in [4.69, 9.17) is 0 Å². The highest BCUT2D eigenvalue weighted by atomic mass is 16.2. The van der Waals surface area contributed by atoms with Crippen LogP contribution in [0.15, 0.2) is 36.4 Å². The molecule has 0 aliphatic carbocycles. The minimum Gasteiger partial charge on any atom is -0.372 e. The summed E-state index contributed by atoms with van der Waals surface area (Å²) in [6.07, 6.45) is 0.244. The molecular weight excluding hydrogens is 362 g/mol. The number of benzene rings is 2. The quantitative estimate of drug-likeness (QED) is 0.789. The van der Waals surface area contributed by atoms with Crippen LogP contribution in [0, 0.1) is 26.7 Å². The van der Waals surface area contributed by atoms with Gasteiger partial charge in [0.15, 0.2) is 0 Å². The number of nitrogens with one attached hydrogen (secondary N) is 1. The van der Waals surface area contributed by atoms with Gasteiger partial charge in [0.2, 0.25) is 11.8 Å². The van der Waals surface area contributed by atoms with Crippen molar-refractivity contribution in [2.75, 3.05) is 34.8 Å². The second-order valence-corrected chi connectivity index (χ2v) is 7.79. The number of carbonyl (C=O) groups is 2. The summed E-state index contributed by atoms with van der Waals surface area (Å²) in [4.78, 5) is 29.5. The van der Waals surface area contributed by atoms with Crippen molar-refractivity contribution >= 4 is 28.9 Å². The lowest BCUT2D eigenvalue weighted by molar-refractivity contribution is -0.122. The number of amides is 2. The maximum absolute atomic E-state index is 12.8. The second kappa shape index (κ2) is 8.68. The standard InChI is InChI=1S/C24H31N3O2/c1-6-26(7-2)20-11-12-22(17(4)13-20)27-15-19(14-23(27)28)24(29)25-21-10-8-9-16(3)18(21)5/h8-13,19H,6-7,14-15H2,1-5H3,(H,25,29). The van der Waals surface area contributed by atoms with E-state index in [0.29, 0.717) is 6.54 Å². The number of aryl methyl sites for hydroxylation is 2. The van der Waals surface area contributed by atoms with Crippen LogP contribution >= 0.6 is 0 Å². The normalized spacial score (nSPS) is 16.2. The third-order valence-electron chi connectivity index (χ3n) is 5.96. The molecule has 1 aliphatic rings. The van der Waals surface area contributed by atoms with E-state index in [2.05, 4.69) is 36.2 Å². The van der Waals surface area contributed by atoms with Crippen LogP contribution in [0.5, 0.6) is 0 Å². The van der Waals surface area contributed by atoms with Gasteiger partial charge in [-0.05, 0) is 75.6 Å². The molecule has 1 aliphatic heterocycles. The fourth-order valence-corrected chi connectivity index (χ4v) is 3.97. The minimum absolute atomic E-state index is 0.00445. The number of rotatable bonds is 6. The Kier molecular flexibility index (Phi) is 6.26. The molecule has 0 spiro atoms. The van der Waals surface area contributed by atoms with E-state index >= 15 is 0 Å². The van der Waals surface area contributed by atoms with E-state index in [1.165, 1.54) is 0 Å². The van der Waals surface area contributed by atoms with Gasteiger partial charge >= 0.3 is 0 Å². The zero-order valence-corrected chi connectivity index (χ0v) is 18.1.